The second kappa shape index (κ2) is 5.75. The van der Waals surface area contributed by atoms with Gasteiger partial charge in [0.2, 0.25) is 0 Å². The number of aliphatic hydroxyl groups is 1. The van der Waals surface area contributed by atoms with Crippen LogP contribution in [0.25, 0.3) is 0 Å². The van der Waals surface area contributed by atoms with E-state index in [0.717, 1.165) is 25.0 Å². The Labute approximate surface area is 110 Å². The zero-order valence-electron chi connectivity index (χ0n) is 11.5. The van der Waals surface area contributed by atoms with E-state index in [1.165, 1.54) is 30.4 Å². The van der Waals surface area contributed by atoms with Crippen LogP contribution in [0.4, 0.5) is 0 Å². The van der Waals surface area contributed by atoms with Gasteiger partial charge in [-0.1, -0.05) is 37.0 Å². The fraction of sp³-hybridized carbons (Fsp3) is 0.625. The standard InChI is InChI=1S/C16H24O2/c1-13-6-7-15(18-2)14(10-13)11-16(12-17)8-4-3-5-9-16/h6-7,10,17H,3-5,8-9,11-12H2,1-2H3. The molecule has 0 aromatic heterocycles. The first-order valence-electron chi connectivity index (χ1n) is 6.93. The van der Waals surface area contributed by atoms with Crippen molar-refractivity contribution >= 4 is 0 Å². The van der Waals surface area contributed by atoms with E-state index in [-0.39, 0.29) is 5.41 Å². The van der Waals surface area contributed by atoms with E-state index in [9.17, 15) is 5.11 Å². The number of hydrogen-bond donors (Lipinski definition) is 1. The Morgan fingerprint density at radius 3 is 2.56 bits per heavy atom. The second-order valence-electron chi connectivity index (χ2n) is 5.71. The highest BCUT2D eigenvalue weighted by atomic mass is 16.5. The predicted octanol–water partition coefficient (Wildman–Crippen LogP) is 3.49. The number of aryl methyl sites for hydroxylation is 1. The fourth-order valence-electron chi connectivity index (χ4n) is 3.14. The van der Waals surface area contributed by atoms with Crippen molar-refractivity contribution in [3.8, 4) is 5.75 Å². The minimum atomic E-state index is 0.0827. The Balaban J connectivity index is 2.23. The SMILES string of the molecule is COc1ccc(C)cc1CC1(CO)CCCCC1. The summed E-state index contributed by atoms with van der Waals surface area (Å²) in [5, 5.41) is 9.79. The fourth-order valence-corrected chi connectivity index (χ4v) is 3.14. The molecule has 2 rings (SSSR count). The van der Waals surface area contributed by atoms with Crippen LogP contribution < -0.4 is 4.74 Å². The summed E-state index contributed by atoms with van der Waals surface area (Å²) in [5.41, 5.74) is 2.59. The quantitative estimate of drug-likeness (QED) is 0.884. The molecular formula is C16H24O2. The summed E-state index contributed by atoms with van der Waals surface area (Å²) in [6.45, 7) is 2.40. The molecule has 0 amide bonds. The maximum atomic E-state index is 9.79. The molecule has 1 fully saturated rings. The van der Waals surface area contributed by atoms with Gasteiger partial charge in [-0.2, -0.15) is 0 Å². The molecule has 0 bridgehead atoms. The van der Waals surface area contributed by atoms with Crippen LogP contribution in [-0.4, -0.2) is 18.8 Å². The molecule has 1 aliphatic carbocycles. The van der Waals surface area contributed by atoms with Gasteiger partial charge >= 0.3 is 0 Å². The first-order chi connectivity index (χ1) is 8.69. The third kappa shape index (κ3) is 2.86. The summed E-state index contributed by atoms with van der Waals surface area (Å²) in [6, 6.07) is 6.32. The number of methoxy groups -OCH3 is 1. The zero-order valence-corrected chi connectivity index (χ0v) is 11.5. The van der Waals surface area contributed by atoms with Crippen molar-refractivity contribution in [1.29, 1.82) is 0 Å². The molecule has 0 radical (unpaired) electrons. The highest BCUT2D eigenvalue weighted by molar-refractivity contribution is 5.37. The molecule has 2 heteroatoms. The first-order valence-corrected chi connectivity index (χ1v) is 6.93. The zero-order chi connectivity index (χ0) is 13.0. The van der Waals surface area contributed by atoms with Crippen molar-refractivity contribution < 1.29 is 9.84 Å². The Morgan fingerprint density at radius 1 is 1.22 bits per heavy atom. The average Bonchev–Trinajstić information content (AvgIpc) is 2.40. The molecule has 1 aromatic carbocycles. The van der Waals surface area contributed by atoms with Crippen molar-refractivity contribution in [3.05, 3.63) is 29.3 Å². The minimum absolute atomic E-state index is 0.0827. The van der Waals surface area contributed by atoms with Gasteiger partial charge in [-0.15, -0.1) is 0 Å². The molecular weight excluding hydrogens is 224 g/mol. The van der Waals surface area contributed by atoms with Crippen LogP contribution in [0.3, 0.4) is 0 Å². The van der Waals surface area contributed by atoms with E-state index < -0.39 is 0 Å². The molecule has 100 valence electrons. The van der Waals surface area contributed by atoms with Crippen molar-refractivity contribution in [2.75, 3.05) is 13.7 Å². The van der Waals surface area contributed by atoms with E-state index in [1.54, 1.807) is 7.11 Å². The smallest absolute Gasteiger partial charge is 0.122 e. The summed E-state index contributed by atoms with van der Waals surface area (Å²) in [6.07, 6.45) is 7.02. The molecule has 0 heterocycles. The predicted molar refractivity (Wildman–Crippen MR) is 74.0 cm³/mol. The molecule has 1 aromatic rings. The summed E-state index contributed by atoms with van der Waals surface area (Å²) in [5.74, 6) is 0.957. The van der Waals surface area contributed by atoms with Gasteiger partial charge in [-0.3, -0.25) is 0 Å². The number of hydrogen-bond acceptors (Lipinski definition) is 2. The molecule has 1 aliphatic rings. The molecule has 1 N–H and O–H groups in total. The van der Waals surface area contributed by atoms with Gasteiger partial charge in [0, 0.05) is 6.61 Å². The lowest BCUT2D eigenvalue weighted by Gasteiger charge is -2.36. The van der Waals surface area contributed by atoms with Crippen LogP contribution >= 0.6 is 0 Å². The second-order valence-corrected chi connectivity index (χ2v) is 5.71. The van der Waals surface area contributed by atoms with E-state index in [1.807, 2.05) is 6.07 Å². The monoisotopic (exact) mass is 248 g/mol. The van der Waals surface area contributed by atoms with E-state index in [2.05, 4.69) is 19.1 Å². The normalized spacial score (nSPS) is 18.6. The molecule has 0 unspecified atom stereocenters. The molecule has 18 heavy (non-hydrogen) atoms. The lowest BCUT2D eigenvalue weighted by atomic mass is 9.71. The van der Waals surface area contributed by atoms with Crippen LogP contribution in [-0.2, 0) is 6.42 Å². The van der Waals surface area contributed by atoms with E-state index >= 15 is 0 Å². The van der Waals surface area contributed by atoms with Crippen LogP contribution in [0.2, 0.25) is 0 Å². The lowest BCUT2D eigenvalue weighted by molar-refractivity contribution is 0.0817. The van der Waals surface area contributed by atoms with Gasteiger partial charge in [0.15, 0.2) is 0 Å². The van der Waals surface area contributed by atoms with Gasteiger partial charge in [0.05, 0.1) is 7.11 Å². The topological polar surface area (TPSA) is 29.5 Å². The summed E-state index contributed by atoms with van der Waals surface area (Å²) < 4.78 is 5.45. The largest absolute Gasteiger partial charge is 0.496 e. The Bertz CT molecular complexity index is 392. The van der Waals surface area contributed by atoms with Crippen molar-refractivity contribution in [2.45, 2.75) is 45.4 Å². The van der Waals surface area contributed by atoms with Gasteiger partial charge in [-0.25, -0.2) is 0 Å². The molecule has 0 aliphatic heterocycles. The Hall–Kier alpha value is -1.02. The lowest BCUT2D eigenvalue weighted by Crippen LogP contribution is -2.30. The van der Waals surface area contributed by atoms with Crippen molar-refractivity contribution in [2.24, 2.45) is 5.41 Å². The number of aliphatic hydroxyl groups excluding tert-OH is 1. The highest BCUT2D eigenvalue weighted by Gasteiger charge is 2.32. The average molecular weight is 248 g/mol. The highest BCUT2D eigenvalue weighted by Crippen LogP contribution is 2.40. The summed E-state index contributed by atoms with van der Waals surface area (Å²) >= 11 is 0. The maximum absolute atomic E-state index is 9.79. The molecule has 0 atom stereocenters. The van der Waals surface area contributed by atoms with Crippen molar-refractivity contribution in [3.63, 3.8) is 0 Å². The van der Waals surface area contributed by atoms with Crippen LogP contribution in [0, 0.1) is 12.3 Å². The van der Waals surface area contributed by atoms with Gasteiger partial charge in [-0.05, 0) is 43.2 Å². The number of ether oxygens (including phenoxy) is 1. The van der Waals surface area contributed by atoms with Crippen LogP contribution in [0.5, 0.6) is 5.75 Å². The van der Waals surface area contributed by atoms with Gasteiger partial charge in [0.1, 0.15) is 5.75 Å². The van der Waals surface area contributed by atoms with Crippen LogP contribution in [0.1, 0.15) is 43.2 Å². The van der Waals surface area contributed by atoms with Gasteiger partial charge in [0.25, 0.3) is 0 Å². The maximum Gasteiger partial charge on any atom is 0.122 e. The molecule has 2 nitrogen and oxygen atoms in total. The number of benzene rings is 1. The molecule has 0 spiro atoms. The Morgan fingerprint density at radius 2 is 1.94 bits per heavy atom. The van der Waals surface area contributed by atoms with E-state index in [0.29, 0.717) is 6.61 Å². The van der Waals surface area contributed by atoms with Gasteiger partial charge < -0.3 is 9.84 Å². The minimum Gasteiger partial charge on any atom is -0.496 e. The summed E-state index contributed by atoms with van der Waals surface area (Å²) in [4.78, 5) is 0. The van der Waals surface area contributed by atoms with Crippen molar-refractivity contribution in [1.82, 2.24) is 0 Å². The van der Waals surface area contributed by atoms with E-state index in [4.69, 9.17) is 4.74 Å². The number of rotatable bonds is 4. The molecule has 1 saturated carbocycles. The Kier molecular flexibility index (Phi) is 4.28. The third-order valence-corrected chi connectivity index (χ3v) is 4.25. The van der Waals surface area contributed by atoms with Crippen LogP contribution in [0.15, 0.2) is 18.2 Å². The first kappa shape index (κ1) is 13.4. The molecule has 0 saturated heterocycles. The third-order valence-electron chi connectivity index (χ3n) is 4.25. The summed E-state index contributed by atoms with van der Waals surface area (Å²) in [7, 11) is 1.72.